The number of aromatic nitrogens is 3. The third-order valence-corrected chi connectivity index (χ3v) is 8.31. The van der Waals surface area contributed by atoms with Gasteiger partial charge in [-0.1, -0.05) is 42.1 Å². The number of aryl methyl sites for hydroxylation is 1. The summed E-state index contributed by atoms with van der Waals surface area (Å²) in [7, 11) is 0. The van der Waals surface area contributed by atoms with E-state index in [2.05, 4.69) is 15.5 Å². The van der Waals surface area contributed by atoms with Gasteiger partial charge in [0.15, 0.2) is 11.0 Å². The van der Waals surface area contributed by atoms with Crippen LogP contribution in [0.4, 0.5) is 10.7 Å². The molecule has 5 rings (SSSR count). The minimum Gasteiger partial charge on any atom is -0.462 e. The number of thiophene rings is 1. The van der Waals surface area contributed by atoms with Crippen LogP contribution in [0.25, 0.3) is 17.1 Å². The molecule has 0 saturated heterocycles. The highest BCUT2D eigenvalue weighted by Gasteiger charge is 2.28. The number of esters is 1. The summed E-state index contributed by atoms with van der Waals surface area (Å²) in [5, 5.41) is 24.0. The summed E-state index contributed by atoms with van der Waals surface area (Å²) >= 11 is 2.81. The Morgan fingerprint density at radius 1 is 1.15 bits per heavy atom. The predicted octanol–water partition coefficient (Wildman–Crippen LogP) is 5.69. The van der Waals surface area contributed by atoms with E-state index in [1.165, 1.54) is 35.2 Å². The average Bonchev–Trinajstić information content (AvgIpc) is 3.64. The Morgan fingerprint density at radius 2 is 1.97 bits per heavy atom. The first-order valence-electron chi connectivity index (χ1n) is 12.5. The molecule has 1 N–H and O–H groups in total. The second kappa shape index (κ2) is 11.8. The topological polar surface area (TPSA) is 129 Å². The number of para-hydroxylation sites is 1. The van der Waals surface area contributed by atoms with Gasteiger partial charge in [-0.15, -0.1) is 21.5 Å². The molecule has 200 valence electrons. The second-order valence-electron chi connectivity index (χ2n) is 8.71. The van der Waals surface area contributed by atoms with Gasteiger partial charge in [-0.25, -0.2) is 4.79 Å². The van der Waals surface area contributed by atoms with E-state index in [-0.39, 0.29) is 24.6 Å². The lowest BCUT2D eigenvalue weighted by Gasteiger charge is -2.10. The highest BCUT2D eigenvalue weighted by molar-refractivity contribution is 7.99. The van der Waals surface area contributed by atoms with Crippen molar-refractivity contribution >= 4 is 45.7 Å². The molecule has 0 fully saturated rings. The molecule has 0 atom stereocenters. The number of ether oxygens (including phenoxy) is 1. The molecule has 0 aliphatic heterocycles. The third kappa shape index (κ3) is 5.71. The molecule has 12 heteroatoms. The van der Waals surface area contributed by atoms with Gasteiger partial charge < -0.3 is 10.1 Å². The van der Waals surface area contributed by atoms with Crippen LogP contribution in [0, 0.1) is 10.1 Å². The maximum atomic E-state index is 12.9. The Hall–Kier alpha value is -4.03. The van der Waals surface area contributed by atoms with E-state index in [0.29, 0.717) is 32.9 Å². The second-order valence-corrected chi connectivity index (χ2v) is 10.9. The van der Waals surface area contributed by atoms with Crippen molar-refractivity contribution in [3.05, 3.63) is 80.7 Å². The minimum atomic E-state index is -0.448. The Balaban J connectivity index is 1.33. The highest BCUT2D eigenvalue weighted by Crippen LogP contribution is 2.39. The van der Waals surface area contributed by atoms with Crippen LogP contribution in [-0.4, -0.2) is 43.9 Å². The van der Waals surface area contributed by atoms with Crippen molar-refractivity contribution in [3.63, 3.8) is 0 Å². The molecule has 0 unspecified atom stereocenters. The van der Waals surface area contributed by atoms with E-state index in [1.807, 2.05) is 34.9 Å². The number of nitrogens with zero attached hydrogens (tertiary/aromatic N) is 4. The van der Waals surface area contributed by atoms with Gasteiger partial charge in [0.25, 0.3) is 5.69 Å². The summed E-state index contributed by atoms with van der Waals surface area (Å²) < 4.78 is 7.07. The number of hydrogen-bond acceptors (Lipinski definition) is 9. The standard InChI is InChI=1S/C27H25N5O5S2/c1-2-37-26(34)23-20-12-7-13-21(20)39-25(23)28-22(33)14-15-38-27-30-29-24(31(27)18-9-4-3-5-10-18)17-8-6-11-19(16-17)32(35)36/h3-6,8-11,16H,2,7,12-15H2,1H3,(H,28,33). The fourth-order valence-electron chi connectivity index (χ4n) is 4.45. The minimum absolute atomic E-state index is 0.0391. The SMILES string of the molecule is CCOC(=O)c1c(NC(=O)CCSc2nnc(-c3cccc([N+](=O)[O-])c3)n2-c2ccccc2)sc2c1CCC2. The summed E-state index contributed by atoms with van der Waals surface area (Å²) in [5.41, 5.74) is 2.79. The number of carbonyl (C=O) groups excluding carboxylic acids is 2. The van der Waals surface area contributed by atoms with Crippen molar-refractivity contribution in [2.45, 2.75) is 37.8 Å². The van der Waals surface area contributed by atoms with Gasteiger partial charge >= 0.3 is 5.97 Å². The quantitative estimate of drug-likeness (QED) is 0.113. The number of nitro groups is 1. The van der Waals surface area contributed by atoms with Crippen molar-refractivity contribution < 1.29 is 19.2 Å². The third-order valence-electron chi connectivity index (χ3n) is 6.18. The van der Waals surface area contributed by atoms with E-state index in [4.69, 9.17) is 4.74 Å². The number of thioether (sulfide) groups is 1. The molecule has 4 aromatic rings. The van der Waals surface area contributed by atoms with E-state index in [0.717, 1.165) is 35.4 Å². The first-order chi connectivity index (χ1) is 19.0. The number of nitrogens with one attached hydrogen (secondary N) is 1. The molecule has 0 bridgehead atoms. The molecule has 1 aliphatic rings. The smallest absolute Gasteiger partial charge is 0.341 e. The molecule has 1 aliphatic carbocycles. The number of rotatable bonds is 10. The van der Waals surface area contributed by atoms with Gasteiger partial charge in [0.1, 0.15) is 5.00 Å². The fraction of sp³-hybridized carbons (Fsp3) is 0.259. The van der Waals surface area contributed by atoms with Gasteiger partial charge in [0, 0.05) is 40.4 Å². The summed E-state index contributed by atoms with van der Waals surface area (Å²) in [6.07, 6.45) is 2.90. The maximum absolute atomic E-state index is 12.9. The molecule has 0 saturated carbocycles. The molecule has 2 aromatic carbocycles. The predicted molar refractivity (Wildman–Crippen MR) is 150 cm³/mol. The zero-order valence-electron chi connectivity index (χ0n) is 21.1. The number of carbonyl (C=O) groups is 2. The van der Waals surface area contributed by atoms with Gasteiger partial charge in [0.05, 0.1) is 17.1 Å². The number of hydrogen-bond donors (Lipinski definition) is 1. The molecule has 1 amide bonds. The number of amides is 1. The summed E-state index contributed by atoms with van der Waals surface area (Å²) in [6, 6.07) is 15.7. The van der Waals surface area contributed by atoms with Crippen LogP contribution in [0.5, 0.6) is 0 Å². The van der Waals surface area contributed by atoms with Gasteiger partial charge in [-0.3, -0.25) is 19.5 Å². The van der Waals surface area contributed by atoms with Gasteiger partial charge in [0.2, 0.25) is 5.91 Å². The number of anilines is 1. The zero-order valence-corrected chi connectivity index (χ0v) is 22.7. The van der Waals surface area contributed by atoms with E-state index in [9.17, 15) is 19.7 Å². The van der Waals surface area contributed by atoms with Crippen molar-refractivity contribution in [2.75, 3.05) is 17.7 Å². The van der Waals surface area contributed by atoms with Crippen LogP contribution in [0.1, 0.15) is 40.6 Å². The molecule has 39 heavy (non-hydrogen) atoms. The molecule has 0 spiro atoms. The molecular formula is C27H25N5O5S2. The summed E-state index contributed by atoms with van der Waals surface area (Å²) in [6.45, 7) is 2.03. The number of benzene rings is 2. The zero-order chi connectivity index (χ0) is 27.4. The number of nitro benzene ring substituents is 1. The van der Waals surface area contributed by atoms with Crippen LogP contribution in [-0.2, 0) is 22.4 Å². The van der Waals surface area contributed by atoms with Crippen molar-refractivity contribution in [1.82, 2.24) is 14.8 Å². The van der Waals surface area contributed by atoms with Crippen molar-refractivity contribution in [3.8, 4) is 17.1 Å². The van der Waals surface area contributed by atoms with E-state index < -0.39 is 10.9 Å². The molecular weight excluding hydrogens is 538 g/mol. The molecule has 2 aromatic heterocycles. The monoisotopic (exact) mass is 563 g/mol. The molecule has 10 nitrogen and oxygen atoms in total. The number of fused-ring (bicyclic) bond motifs is 1. The lowest BCUT2D eigenvalue weighted by molar-refractivity contribution is -0.384. The normalized spacial score (nSPS) is 12.2. The Morgan fingerprint density at radius 3 is 2.74 bits per heavy atom. The van der Waals surface area contributed by atoms with Crippen LogP contribution >= 0.6 is 23.1 Å². The van der Waals surface area contributed by atoms with E-state index in [1.54, 1.807) is 19.1 Å². The number of non-ortho nitro benzene ring substituents is 1. The van der Waals surface area contributed by atoms with Gasteiger partial charge in [-0.05, 0) is 43.9 Å². The lowest BCUT2D eigenvalue weighted by Crippen LogP contribution is -2.15. The fourth-order valence-corrected chi connectivity index (χ4v) is 6.64. The summed E-state index contributed by atoms with van der Waals surface area (Å²) in [4.78, 5) is 37.5. The van der Waals surface area contributed by atoms with Crippen LogP contribution in [0.2, 0.25) is 0 Å². The van der Waals surface area contributed by atoms with Crippen molar-refractivity contribution in [2.24, 2.45) is 0 Å². The maximum Gasteiger partial charge on any atom is 0.341 e. The van der Waals surface area contributed by atoms with Gasteiger partial charge in [-0.2, -0.15) is 0 Å². The largest absolute Gasteiger partial charge is 0.462 e. The Labute approximate surface area is 232 Å². The first kappa shape index (κ1) is 26.6. The van der Waals surface area contributed by atoms with Crippen LogP contribution < -0.4 is 5.32 Å². The average molecular weight is 564 g/mol. The Kier molecular flexibility index (Phi) is 8.03. The highest BCUT2D eigenvalue weighted by atomic mass is 32.2. The Bertz CT molecular complexity index is 1530. The van der Waals surface area contributed by atoms with Crippen molar-refractivity contribution in [1.29, 1.82) is 0 Å². The lowest BCUT2D eigenvalue weighted by atomic mass is 10.1. The van der Waals surface area contributed by atoms with E-state index >= 15 is 0 Å². The first-order valence-corrected chi connectivity index (χ1v) is 14.3. The van der Waals surface area contributed by atoms with Crippen LogP contribution in [0.15, 0.2) is 59.8 Å². The molecule has 2 heterocycles. The summed E-state index contributed by atoms with van der Waals surface area (Å²) in [5.74, 6) is 0.263. The molecule has 0 radical (unpaired) electrons. The van der Waals surface area contributed by atoms with Crippen LogP contribution in [0.3, 0.4) is 0 Å².